The predicted octanol–water partition coefficient (Wildman–Crippen LogP) is 2.33. The monoisotopic (exact) mass is 323 g/mol. The third kappa shape index (κ3) is 5.25. The second-order valence-corrected chi connectivity index (χ2v) is 5.34. The van der Waals surface area contributed by atoms with Crippen LogP contribution in [-0.2, 0) is 9.53 Å². The fourth-order valence-corrected chi connectivity index (χ4v) is 2.17. The number of hydrogen-bond acceptors (Lipinski definition) is 4. The van der Waals surface area contributed by atoms with Crippen molar-refractivity contribution >= 4 is 11.9 Å². The Bertz CT molecular complexity index is 508. The topological polar surface area (TPSA) is 84.9 Å². The molecule has 0 aromatic heterocycles. The molecule has 0 fully saturated rings. The van der Waals surface area contributed by atoms with Crippen molar-refractivity contribution in [2.45, 2.75) is 26.7 Å². The molecule has 1 aromatic carbocycles. The number of methoxy groups -OCH3 is 1. The van der Waals surface area contributed by atoms with E-state index in [1.54, 1.807) is 31.4 Å². The number of carboxylic acid groups (broad SMARTS) is 1. The summed E-state index contributed by atoms with van der Waals surface area (Å²) < 4.78 is 10.3. The lowest BCUT2D eigenvalue weighted by atomic mass is 9.82. The summed E-state index contributed by atoms with van der Waals surface area (Å²) in [6, 6.07) is 6.71. The lowest BCUT2D eigenvalue weighted by Gasteiger charge is -2.26. The zero-order valence-electron chi connectivity index (χ0n) is 13.9. The summed E-state index contributed by atoms with van der Waals surface area (Å²) in [5.41, 5.74) is -0.450. The van der Waals surface area contributed by atoms with E-state index in [0.29, 0.717) is 37.4 Å². The van der Waals surface area contributed by atoms with Gasteiger partial charge >= 0.3 is 5.97 Å². The van der Waals surface area contributed by atoms with Crippen LogP contribution in [0.3, 0.4) is 0 Å². The molecular formula is C17H25NO5. The van der Waals surface area contributed by atoms with Crippen LogP contribution in [0.5, 0.6) is 5.75 Å². The quantitative estimate of drug-likeness (QED) is 0.646. The third-order valence-electron chi connectivity index (χ3n) is 4.07. The van der Waals surface area contributed by atoms with E-state index in [-0.39, 0.29) is 12.5 Å². The fourth-order valence-electron chi connectivity index (χ4n) is 2.17. The van der Waals surface area contributed by atoms with Gasteiger partial charge in [0.25, 0.3) is 5.91 Å². The molecule has 0 aliphatic heterocycles. The Morgan fingerprint density at radius 1 is 1.13 bits per heavy atom. The highest BCUT2D eigenvalue weighted by atomic mass is 16.5. The van der Waals surface area contributed by atoms with Gasteiger partial charge in [-0.2, -0.15) is 0 Å². The minimum absolute atomic E-state index is 0.111. The van der Waals surface area contributed by atoms with E-state index in [2.05, 4.69) is 5.32 Å². The Hall–Kier alpha value is -2.08. The lowest BCUT2D eigenvalue weighted by molar-refractivity contribution is -0.149. The van der Waals surface area contributed by atoms with Crippen LogP contribution in [0, 0.1) is 5.41 Å². The molecular weight excluding hydrogens is 298 g/mol. The number of amides is 1. The van der Waals surface area contributed by atoms with Crippen LogP contribution in [0.1, 0.15) is 37.0 Å². The molecule has 0 aliphatic rings. The first-order valence-electron chi connectivity index (χ1n) is 7.72. The smallest absolute Gasteiger partial charge is 0.311 e. The van der Waals surface area contributed by atoms with Gasteiger partial charge in [0.05, 0.1) is 12.0 Å². The first-order chi connectivity index (χ1) is 11.0. The van der Waals surface area contributed by atoms with Gasteiger partial charge in [0.15, 0.2) is 0 Å². The summed E-state index contributed by atoms with van der Waals surface area (Å²) in [5, 5.41) is 12.1. The highest BCUT2D eigenvalue weighted by molar-refractivity contribution is 5.94. The first kappa shape index (κ1) is 19.0. The molecule has 6 heteroatoms. The van der Waals surface area contributed by atoms with Crippen LogP contribution in [0.15, 0.2) is 24.3 Å². The molecule has 128 valence electrons. The van der Waals surface area contributed by atoms with Crippen LogP contribution < -0.4 is 10.1 Å². The summed E-state index contributed by atoms with van der Waals surface area (Å²) in [6.07, 6.45) is 0.927. The number of carboxylic acids is 1. The van der Waals surface area contributed by atoms with Crippen LogP contribution in [0.4, 0.5) is 0 Å². The van der Waals surface area contributed by atoms with Gasteiger partial charge in [-0.05, 0) is 37.1 Å². The molecule has 0 saturated heterocycles. The van der Waals surface area contributed by atoms with Gasteiger partial charge in [-0.1, -0.05) is 13.8 Å². The summed E-state index contributed by atoms with van der Waals surface area (Å²) in [5.74, 6) is -0.522. The van der Waals surface area contributed by atoms with Gasteiger partial charge < -0.3 is 19.9 Å². The Balaban J connectivity index is 2.62. The molecule has 2 N–H and O–H groups in total. The zero-order chi connectivity index (χ0) is 17.3. The average molecular weight is 323 g/mol. The predicted molar refractivity (Wildman–Crippen MR) is 86.8 cm³/mol. The Morgan fingerprint density at radius 2 is 1.74 bits per heavy atom. The summed E-state index contributed by atoms with van der Waals surface area (Å²) in [6.45, 7) is 4.68. The van der Waals surface area contributed by atoms with E-state index in [1.165, 1.54) is 0 Å². The van der Waals surface area contributed by atoms with Crippen molar-refractivity contribution in [2.75, 3.05) is 26.9 Å². The lowest BCUT2D eigenvalue weighted by Crippen LogP contribution is -2.42. The van der Waals surface area contributed by atoms with E-state index in [4.69, 9.17) is 9.47 Å². The van der Waals surface area contributed by atoms with Crippen molar-refractivity contribution in [1.29, 1.82) is 0 Å². The van der Waals surface area contributed by atoms with E-state index in [0.717, 1.165) is 0 Å². The van der Waals surface area contributed by atoms with Crippen molar-refractivity contribution in [3.8, 4) is 5.75 Å². The zero-order valence-corrected chi connectivity index (χ0v) is 13.9. The molecule has 0 heterocycles. The molecule has 0 radical (unpaired) electrons. The highest BCUT2D eigenvalue weighted by Crippen LogP contribution is 2.25. The molecule has 0 unspecified atom stereocenters. The van der Waals surface area contributed by atoms with Crippen LogP contribution >= 0.6 is 0 Å². The van der Waals surface area contributed by atoms with E-state index in [9.17, 15) is 14.7 Å². The third-order valence-corrected chi connectivity index (χ3v) is 4.07. The maximum atomic E-state index is 12.2. The first-order valence-corrected chi connectivity index (χ1v) is 7.72. The fraction of sp³-hybridized carbons (Fsp3) is 0.529. The molecule has 1 aromatic rings. The number of benzene rings is 1. The van der Waals surface area contributed by atoms with Crippen LogP contribution in [-0.4, -0.2) is 43.9 Å². The maximum Gasteiger partial charge on any atom is 0.311 e. The van der Waals surface area contributed by atoms with Crippen molar-refractivity contribution in [2.24, 2.45) is 5.41 Å². The molecule has 6 nitrogen and oxygen atoms in total. The molecule has 0 aliphatic carbocycles. The van der Waals surface area contributed by atoms with E-state index in [1.807, 2.05) is 13.8 Å². The van der Waals surface area contributed by atoms with Crippen molar-refractivity contribution in [1.82, 2.24) is 5.32 Å². The van der Waals surface area contributed by atoms with Gasteiger partial charge in [-0.25, -0.2) is 0 Å². The molecule has 0 atom stereocenters. The number of ether oxygens (including phenoxy) is 2. The van der Waals surface area contributed by atoms with Crippen molar-refractivity contribution in [3.63, 3.8) is 0 Å². The maximum absolute atomic E-state index is 12.2. The molecule has 0 saturated carbocycles. The van der Waals surface area contributed by atoms with E-state index < -0.39 is 11.4 Å². The summed E-state index contributed by atoms with van der Waals surface area (Å²) in [4.78, 5) is 23.6. The Labute approximate surface area is 136 Å². The number of carbonyl (C=O) groups is 2. The largest absolute Gasteiger partial charge is 0.491 e. The normalized spacial score (nSPS) is 11.1. The summed E-state index contributed by atoms with van der Waals surface area (Å²) >= 11 is 0. The van der Waals surface area contributed by atoms with Gasteiger partial charge in [-0.3, -0.25) is 9.59 Å². The number of nitrogens with one attached hydrogen (secondary N) is 1. The summed E-state index contributed by atoms with van der Waals surface area (Å²) in [7, 11) is 1.60. The van der Waals surface area contributed by atoms with E-state index >= 15 is 0 Å². The highest BCUT2D eigenvalue weighted by Gasteiger charge is 2.35. The minimum Gasteiger partial charge on any atom is -0.491 e. The standard InChI is InChI=1S/C17H25NO5/c1-4-17(5-2,16(20)21)12-18-15(19)13-6-8-14(9-7-13)23-11-10-22-3/h6-9H,4-5,10-12H2,1-3H3,(H,18,19)(H,20,21). The second-order valence-electron chi connectivity index (χ2n) is 5.34. The molecule has 1 amide bonds. The molecule has 1 rings (SSSR count). The minimum atomic E-state index is -0.918. The van der Waals surface area contributed by atoms with Crippen LogP contribution in [0.2, 0.25) is 0 Å². The van der Waals surface area contributed by atoms with Gasteiger partial charge in [-0.15, -0.1) is 0 Å². The van der Waals surface area contributed by atoms with Crippen molar-refractivity contribution in [3.05, 3.63) is 29.8 Å². The van der Waals surface area contributed by atoms with Gasteiger partial charge in [0.1, 0.15) is 12.4 Å². The van der Waals surface area contributed by atoms with Crippen LogP contribution in [0.25, 0.3) is 0 Å². The van der Waals surface area contributed by atoms with Gasteiger partial charge in [0.2, 0.25) is 0 Å². The number of hydrogen-bond donors (Lipinski definition) is 2. The second kappa shape index (κ2) is 9.15. The number of carbonyl (C=O) groups excluding carboxylic acids is 1. The number of aliphatic carboxylic acids is 1. The molecule has 0 spiro atoms. The SMILES string of the molecule is CCC(CC)(CNC(=O)c1ccc(OCCOC)cc1)C(=O)O. The Kier molecular flexibility index (Phi) is 7.54. The number of rotatable bonds is 10. The average Bonchev–Trinajstić information content (AvgIpc) is 2.56. The molecule has 0 bridgehead atoms. The van der Waals surface area contributed by atoms with Crippen molar-refractivity contribution < 1.29 is 24.2 Å². The Morgan fingerprint density at radius 3 is 2.22 bits per heavy atom. The molecule has 23 heavy (non-hydrogen) atoms. The van der Waals surface area contributed by atoms with Gasteiger partial charge in [0, 0.05) is 19.2 Å².